The molecule has 0 fully saturated rings. The summed E-state index contributed by atoms with van der Waals surface area (Å²) < 4.78 is 61.3. The third-order valence-electron chi connectivity index (χ3n) is 3.10. The molecule has 0 saturated heterocycles. The molecule has 0 spiro atoms. The Bertz CT molecular complexity index is 910. The van der Waals surface area contributed by atoms with E-state index in [2.05, 4.69) is 4.98 Å². The summed E-state index contributed by atoms with van der Waals surface area (Å²) in [4.78, 5) is 1.99. The van der Waals surface area contributed by atoms with E-state index >= 15 is 0 Å². The second-order valence-corrected chi connectivity index (χ2v) is 6.21. The van der Waals surface area contributed by atoms with Gasteiger partial charge in [-0.2, -0.15) is 13.2 Å². The Morgan fingerprint density at radius 2 is 1.55 bits per heavy atom. The SMILES string of the molecule is O=S(=O)(c1cccc2c1[nH]c1ccccc12)C(F)(F)F. The van der Waals surface area contributed by atoms with Crippen molar-refractivity contribution in [3.63, 3.8) is 0 Å². The minimum absolute atomic E-state index is 0.0222. The van der Waals surface area contributed by atoms with E-state index in [0.717, 1.165) is 6.07 Å². The molecule has 0 bridgehead atoms. The summed E-state index contributed by atoms with van der Waals surface area (Å²) in [7, 11) is -5.38. The Kier molecular flexibility index (Phi) is 2.59. The number of halogens is 3. The highest BCUT2D eigenvalue weighted by molar-refractivity contribution is 7.92. The predicted molar refractivity (Wildman–Crippen MR) is 69.0 cm³/mol. The van der Waals surface area contributed by atoms with Crippen molar-refractivity contribution in [1.82, 2.24) is 4.98 Å². The molecule has 0 aliphatic carbocycles. The number of nitrogens with one attached hydrogen (secondary N) is 1. The summed E-state index contributed by atoms with van der Waals surface area (Å²) in [6.45, 7) is 0. The number of aromatic nitrogens is 1. The van der Waals surface area contributed by atoms with E-state index in [9.17, 15) is 21.6 Å². The van der Waals surface area contributed by atoms with Gasteiger partial charge in [0.1, 0.15) is 4.90 Å². The van der Waals surface area contributed by atoms with Crippen LogP contribution >= 0.6 is 0 Å². The molecule has 0 unspecified atom stereocenters. The van der Waals surface area contributed by atoms with E-state index in [4.69, 9.17) is 0 Å². The van der Waals surface area contributed by atoms with Gasteiger partial charge in [0.2, 0.25) is 0 Å². The van der Waals surface area contributed by atoms with Gasteiger partial charge in [0, 0.05) is 16.3 Å². The van der Waals surface area contributed by atoms with Crippen molar-refractivity contribution in [3.05, 3.63) is 42.5 Å². The van der Waals surface area contributed by atoms with E-state index in [1.165, 1.54) is 6.07 Å². The molecule has 1 heterocycles. The summed E-state index contributed by atoms with van der Waals surface area (Å²) in [6.07, 6.45) is 0. The minimum atomic E-state index is -5.38. The van der Waals surface area contributed by atoms with Crippen LogP contribution in [0.5, 0.6) is 0 Å². The molecule has 3 aromatic rings. The number of sulfone groups is 1. The van der Waals surface area contributed by atoms with Gasteiger partial charge in [-0.05, 0) is 12.1 Å². The molecule has 0 amide bonds. The maximum absolute atomic E-state index is 12.7. The van der Waals surface area contributed by atoms with E-state index < -0.39 is 20.2 Å². The smallest absolute Gasteiger partial charge is 0.353 e. The summed E-state index contributed by atoms with van der Waals surface area (Å²) in [5, 5.41) is 1.13. The van der Waals surface area contributed by atoms with Crippen LogP contribution < -0.4 is 0 Å². The molecule has 7 heteroatoms. The lowest BCUT2D eigenvalue weighted by molar-refractivity contribution is -0.0435. The molecule has 20 heavy (non-hydrogen) atoms. The van der Waals surface area contributed by atoms with Gasteiger partial charge in [-0.25, -0.2) is 8.42 Å². The summed E-state index contributed by atoms with van der Waals surface area (Å²) in [5.41, 5.74) is -4.75. The second-order valence-electron chi connectivity index (χ2n) is 4.30. The highest BCUT2D eigenvalue weighted by atomic mass is 32.2. The van der Waals surface area contributed by atoms with Crippen molar-refractivity contribution < 1.29 is 21.6 Å². The van der Waals surface area contributed by atoms with Gasteiger partial charge in [0.25, 0.3) is 9.84 Å². The lowest BCUT2D eigenvalue weighted by atomic mass is 10.1. The predicted octanol–water partition coefficient (Wildman–Crippen LogP) is 3.61. The first-order valence-electron chi connectivity index (χ1n) is 5.63. The number of fused-ring (bicyclic) bond motifs is 3. The number of para-hydroxylation sites is 2. The monoisotopic (exact) mass is 299 g/mol. The summed E-state index contributed by atoms with van der Waals surface area (Å²) in [6, 6.07) is 10.7. The zero-order valence-corrected chi connectivity index (χ0v) is 10.7. The Balaban J connectivity index is 2.45. The first-order chi connectivity index (χ1) is 9.32. The quantitative estimate of drug-likeness (QED) is 0.746. The third-order valence-corrected chi connectivity index (χ3v) is 4.63. The van der Waals surface area contributed by atoms with Crippen LogP contribution in [0.1, 0.15) is 0 Å². The average Bonchev–Trinajstić information content (AvgIpc) is 2.75. The minimum Gasteiger partial charge on any atom is -0.353 e. The van der Waals surface area contributed by atoms with Crippen molar-refractivity contribution in [3.8, 4) is 0 Å². The van der Waals surface area contributed by atoms with Crippen LogP contribution in [0, 0.1) is 0 Å². The van der Waals surface area contributed by atoms with Crippen LogP contribution in [0.25, 0.3) is 21.8 Å². The first-order valence-corrected chi connectivity index (χ1v) is 7.11. The maximum atomic E-state index is 12.7. The topological polar surface area (TPSA) is 49.9 Å². The molecular formula is C13H8F3NO2S. The molecule has 0 aliphatic heterocycles. The van der Waals surface area contributed by atoms with Gasteiger partial charge < -0.3 is 4.98 Å². The molecule has 1 aromatic heterocycles. The fourth-order valence-corrected chi connectivity index (χ4v) is 3.13. The van der Waals surface area contributed by atoms with Crippen LogP contribution in [-0.2, 0) is 9.84 Å². The van der Waals surface area contributed by atoms with Crippen molar-refractivity contribution in [1.29, 1.82) is 0 Å². The van der Waals surface area contributed by atoms with Crippen molar-refractivity contribution in [2.45, 2.75) is 10.4 Å². The second kappa shape index (κ2) is 3.99. The van der Waals surface area contributed by atoms with Crippen LogP contribution in [0.15, 0.2) is 47.4 Å². The highest BCUT2D eigenvalue weighted by Crippen LogP contribution is 2.36. The van der Waals surface area contributed by atoms with Gasteiger partial charge in [0.05, 0.1) is 5.52 Å². The van der Waals surface area contributed by atoms with Gasteiger partial charge in [-0.3, -0.25) is 0 Å². The number of rotatable bonds is 1. The van der Waals surface area contributed by atoms with Gasteiger partial charge in [-0.1, -0.05) is 30.3 Å². The number of H-pyrrole nitrogens is 1. The third kappa shape index (κ3) is 1.70. The molecule has 1 N–H and O–H groups in total. The van der Waals surface area contributed by atoms with Crippen LogP contribution in [0.3, 0.4) is 0 Å². The standard InChI is InChI=1S/C13H8F3NO2S/c14-13(15,16)20(18,19)11-7-3-5-9-8-4-1-2-6-10(8)17-12(9)11/h1-7,17H. The average molecular weight is 299 g/mol. The van der Waals surface area contributed by atoms with Gasteiger partial charge >= 0.3 is 5.51 Å². The Morgan fingerprint density at radius 1 is 0.900 bits per heavy atom. The van der Waals surface area contributed by atoms with Crippen LogP contribution in [-0.4, -0.2) is 18.9 Å². The highest BCUT2D eigenvalue weighted by Gasteiger charge is 2.47. The molecule has 3 nitrogen and oxygen atoms in total. The molecule has 104 valence electrons. The number of hydrogen-bond acceptors (Lipinski definition) is 2. The molecule has 0 aliphatic rings. The molecule has 0 atom stereocenters. The van der Waals surface area contributed by atoms with E-state index in [1.54, 1.807) is 30.3 Å². The molecule has 3 rings (SSSR count). The number of benzene rings is 2. The van der Waals surface area contributed by atoms with E-state index in [0.29, 0.717) is 16.3 Å². The van der Waals surface area contributed by atoms with Gasteiger partial charge in [-0.15, -0.1) is 0 Å². The fraction of sp³-hybridized carbons (Fsp3) is 0.0769. The molecular weight excluding hydrogens is 291 g/mol. The molecule has 2 aromatic carbocycles. The summed E-state index contributed by atoms with van der Waals surface area (Å²) in [5.74, 6) is 0. The lowest BCUT2D eigenvalue weighted by Crippen LogP contribution is -2.23. The van der Waals surface area contributed by atoms with Crippen LogP contribution in [0.4, 0.5) is 13.2 Å². The zero-order chi connectivity index (χ0) is 14.5. The van der Waals surface area contributed by atoms with Crippen molar-refractivity contribution in [2.24, 2.45) is 0 Å². The number of hydrogen-bond donors (Lipinski definition) is 1. The lowest BCUT2D eigenvalue weighted by Gasteiger charge is -2.08. The summed E-state index contributed by atoms with van der Waals surface area (Å²) >= 11 is 0. The van der Waals surface area contributed by atoms with Crippen molar-refractivity contribution >= 4 is 31.6 Å². The Labute approximate surface area is 111 Å². The largest absolute Gasteiger partial charge is 0.501 e. The van der Waals surface area contributed by atoms with Crippen molar-refractivity contribution in [2.75, 3.05) is 0 Å². The first kappa shape index (κ1) is 13.0. The fourth-order valence-electron chi connectivity index (χ4n) is 2.19. The maximum Gasteiger partial charge on any atom is 0.501 e. The van der Waals surface area contributed by atoms with Crippen LogP contribution in [0.2, 0.25) is 0 Å². The van der Waals surface area contributed by atoms with E-state index in [-0.39, 0.29) is 5.52 Å². The Hall–Kier alpha value is -2.02. The normalized spacial score (nSPS) is 13.2. The van der Waals surface area contributed by atoms with E-state index in [1.807, 2.05) is 0 Å². The molecule has 0 saturated carbocycles. The van der Waals surface area contributed by atoms with Gasteiger partial charge in [0.15, 0.2) is 0 Å². The molecule has 0 radical (unpaired) electrons. The number of alkyl halides is 3. The Morgan fingerprint density at radius 3 is 2.25 bits per heavy atom. The number of aromatic amines is 1. The zero-order valence-electron chi connectivity index (χ0n) is 9.90.